The van der Waals surface area contributed by atoms with Crippen molar-refractivity contribution in [2.45, 2.75) is 20.0 Å². The summed E-state index contributed by atoms with van der Waals surface area (Å²) in [5.74, 6) is 0. The standard InChI is InChI=1S/C19H20BrNO2/c1-15-17(11-7-12-18(15)20)10-5-6-13-21-19(22)23-14-16-8-3-2-4-9-16/h2-5,7-12H,6,13-14H2,1H3,(H,21,22). The van der Waals surface area contributed by atoms with Gasteiger partial charge in [0, 0.05) is 11.0 Å². The van der Waals surface area contributed by atoms with Crippen molar-refractivity contribution < 1.29 is 9.53 Å². The van der Waals surface area contributed by atoms with Crippen LogP contribution in [-0.2, 0) is 11.3 Å². The van der Waals surface area contributed by atoms with Gasteiger partial charge in [0.2, 0.25) is 0 Å². The highest BCUT2D eigenvalue weighted by molar-refractivity contribution is 9.10. The zero-order valence-electron chi connectivity index (χ0n) is 13.1. The molecule has 0 fully saturated rings. The number of ether oxygens (including phenoxy) is 1. The van der Waals surface area contributed by atoms with Crippen molar-refractivity contribution in [3.63, 3.8) is 0 Å². The van der Waals surface area contributed by atoms with E-state index in [-0.39, 0.29) is 6.09 Å². The summed E-state index contributed by atoms with van der Waals surface area (Å²) in [4.78, 5) is 11.6. The van der Waals surface area contributed by atoms with E-state index in [1.165, 1.54) is 11.1 Å². The molecule has 2 aromatic rings. The van der Waals surface area contributed by atoms with E-state index in [0.29, 0.717) is 13.2 Å². The van der Waals surface area contributed by atoms with Gasteiger partial charge in [0.15, 0.2) is 0 Å². The van der Waals surface area contributed by atoms with E-state index < -0.39 is 0 Å². The maximum Gasteiger partial charge on any atom is 0.407 e. The molecule has 0 aliphatic rings. The molecule has 4 heteroatoms. The maximum absolute atomic E-state index is 11.6. The van der Waals surface area contributed by atoms with Gasteiger partial charge in [-0.2, -0.15) is 0 Å². The molecule has 3 nitrogen and oxygen atoms in total. The van der Waals surface area contributed by atoms with Crippen molar-refractivity contribution in [1.29, 1.82) is 0 Å². The van der Waals surface area contributed by atoms with Crippen LogP contribution in [0.25, 0.3) is 6.08 Å². The van der Waals surface area contributed by atoms with Crippen molar-refractivity contribution >= 4 is 28.1 Å². The van der Waals surface area contributed by atoms with Gasteiger partial charge in [0.05, 0.1) is 0 Å². The lowest BCUT2D eigenvalue weighted by Crippen LogP contribution is -2.24. The fourth-order valence-electron chi connectivity index (χ4n) is 2.05. The first-order valence-electron chi connectivity index (χ1n) is 7.53. The molecule has 0 saturated heterocycles. The Morgan fingerprint density at radius 2 is 1.96 bits per heavy atom. The van der Waals surface area contributed by atoms with E-state index in [0.717, 1.165) is 16.5 Å². The smallest absolute Gasteiger partial charge is 0.407 e. The Morgan fingerprint density at radius 3 is 2.74 bits per heavy atom. The van der Waals surface area contributed by atoms with Crippen molar-refractivity contribution in [3.8, 4) is 0 Å². The number of nitrogens with one attached hydrogen (secondary N) is 1. The summed E-state index contributed by atoms with van der Waals surface area (Å²) in [7, 11) is 0. The Morgan fingerprint density at radius 1 is 1.17 bits per heavy atom. The van der Waals surface area contributed by atoms with Gasteiger partial charge in [0.25, 0.3) is 0 Å². The summed E-state index contributed by atoms with van der Waals surface area (Å²) in [5.41, 5.74) is 3.36. The molecule has 0 aromatic heterocycles. The average Bonchev–Trinajstić information content (AvgIpc) is 2.57. The van der Waals surface area contributed by atoms with Crippen molar-refractivity contribution in [1.82, 2.24) is 5.32 Å². The van der Waals surface area contributed by atoms with Crippen molar-refractivity contribution in [2.24, 2.45) is 0 Å². The number of carbonyl (C=O) groups is 1. The van der Waals surface area contributed by atoms with Gasteiger partial charge >= 0.3 is 6.09 Å². The van der Waals surface area contributed by atoms with Crippen LogP contribution < -0.4 is 5.32 Å². The van der Waals surface area contributed by atoms with E-state index in [1.807, 2.05) is 48.5 Å². The fourth-order valence-corrected chi connectivity index (χ4v) is 2.43. The number of amides is 1. The van der Waals surface area contributed by atoms with Crippen LogP contribution in [0.3, 0.4) is 0 Å². The predicted molar refractivity (Wildman–Crippen MR) is 97.2 cm³/mol. The van der Waals surface area contributed by atoms with Gasteiger partial charge in [0.1, 0.15) is 6.61 Å². The van der Waals surface area contributed by atoms with E-state index in [4.69, 9.17) is 4.74 Å². The third kappa shape index (κ3) is 5.91. The van der Waals surface area contributed by atoms with Crippen LogP contribution in [0.4, 0.5) is 4.79 Å². The van der Waals surface area contributed by atoms with Gasteiger partial charge in [-0.15, -0.1) is 0 Å². The number of hydrogen-bond donors (Lipinski definition) is 1. The molecule has 0 spiro atoms. The molecule has 0 bridgehead atoms. The summed E-state index contributed by atoms with van der Waals surface area (Å²) in [6.07, 6.45) is 4.48. The van der Waals surface area contributed by atoms with Crippen LogP contribution in [0.1, 0.15) is 23.1 Å². The highest BCUT2D eigenvalue weighted by Gasteiger charge is 2.01. The zero-order valence-corrected chi connectivity index (χ0v) is 14.7. The minimum Gasteiger partial charge on any atom is -0.445 e. The van der Waals surface area contributed by atoms with Crippen molar-refractivity contribution in [2.75, 3.05) is 6.54 Å². The van der Waals surface area contributed by atoms with E-state index in [9.17, 15) is 4.79 Å². The topological polar surface area (TPSA) is 38.3 Å². The first-order valence-corrected chi connectivity index (χ1v) is 8.32. The summed E-state index contributed by atoms with van der Waals surface area (Å²) >= 11 is 3.52. The molecule has 0 heterocycles. The molecule has 0 aliphatic carbocycles. The number of carbonyl (C=O) groups excluding carboxylic acids is 1. The number of alkyl carbamates (subject to hydrolysis) is 1. The summed E-state index contributed by atoms with van der Waals surface area (Å²) < 4.78 is 6.25. The van der Waals surface area contributed by atoms with Gasteiger partial charge in [-0.3, -0.25) is 0 Å². The lowest BCUT2D eigenvalue weighted by atomic mass is 10.1. The molecule has 0 unspecified atom stereocenters. The third-order valence-electron chi connectivity index (χ3n) is 3.40. The average molecular weight is 374 g/mol. The Hall–Kier alpha value is -2.07. The Balaban J connectivity index is 1.67. The molecular formula is C19H20BrNO2. The molecule has 1 amide bonds. The number of halogens is 1. The predicted octanol–water partition coefficient (Wildman–Crippen LogP) is 5.09. The molecule has 0 saturated carbocycles. The Labute approximate surface area is 145 Å². The van der Waals surface area contributed by atoms with Crippen LogP contribution in [0.2, 0.25) is 0 Å². The van der Waals surface area contributed by atoms with Crippen LogP contribution in [0.15, 0.2) is 59.1 Å². The molecule has 120 valence electrons. The molecule has 2 aromatic carbocycles. The highest BCUT2D eigenvalue weighted by Crippen LogP contribution is 2.20. The largest absolute Gasteiger partial charge is 0.445 e. The Kier molecular flexibility index (Phi) is 6.88. The SMILES string of the molecule is Cc1c(Br)cccc1C=CCCNC(=O)OCc1ccccc1. The van der Waals surface area contributed by atoms with E-state index >= 15 is 0 Å². The normalized spacial score (nSPS) is 10.7. The molecule has 0 radical (unpaired) electrons. The monoisotopic (exact) mass is 373 g/mol. The van der Waals surface area contributed by atoms with Crippen LogP contribution >= 0.6 is 15.9 Å². The lowest BCUT2D eigenvalue weighted by molar-refractivity contribution is 0.140. The summed E-state index contributed by atoms with van der Waals surface area (Å²) in [6.45, 7) is 2.92. The molecule has 0 atom stereocenters. The Bertz CT molecular complexity index is 668. The second-order valence-electron chi connectivity index (χ2n) is 5.13. The summed E-state index contributed by atoms with van der Waals surface area (Å²) in [6, 6.07) is 15.7. The summed E-state index contributed by atoms with van der Waals surface area (Å²) in [5, 5.41) is 2.74. The molecule has 23 heavy (non-hydrogen) atoms. The highest BCUT2D eigenvalue weighted by atomic mass is 79.9. The van der Waals surface area contributed by atoms with Gasteiger partial charge in [-0.25, -0.2) is 4.79 Å². The molecule has 0 aliphatic heterocycles. The molecular weight excluding hydrogens is 354 g/mol. The van der Waals surface area contributed by atoms with Crippen LogP contribution in [-0.4, -0.2) is 12.6 Å². The molecule has 1 N–H and O–H groups in total. The quantitative estimate of drug-likeness (QED) is 0.716. The minimum absolute atomic E-state index is 0.291. The molecule has 2 rings (SSSR count). The maximum atomic E-state index is 11.6. The number of hydrogen-bond acceptors (Lipinski definition) is 2. The van der Waals surface area contributed by atoms with E-state index in [1.54, 1.807) is 0 Å². The van der Waals surface area contributed by atoms with Crippen LogP contribution in [0.5, 0.6) is 0 Å². The lowest BCUT2D eigenvalue weighted by Gasteiger charge is -2.06. The number of benzene rings is 2. The second-order valence-corrected chi connectivity index (χ2v) is 5.99. The third-order valence-corrected chi connectivity index (χ3v) is 4.26. The first kappa shape index (κ1) is 17.3. The van der Waals surface area contributed by atoms with Crippen molar-refractivity contribution in [3.05, 3.63) is 75.8 Å². The minimum atomic E-state index is -0.388. The zero-order chi connectivity index (χ0) is 16.5. The number of rotatable bonds is 6. The first-order chi connectivity index (χ1) is 11.2. The van der Waals surface area contributed by atoms with Gasteiger partial charge in [-0.05, 0) is 36.1 Å². The van der Waals surface area contributed by atoms with Gasteiger partial charge in [-0.1, -0.05) is 70.5 Å². The second kappa shape index (κ2) is 9.16. The van der Waals surface area contributed by atoms with Crippen LogP contribution in [0, 0.1) is 6.92 Å². The van der Waals surface area contributed by atoms with E-state index in [2.05, 4.69) is 40.3 Å². The fraction of sp³-hybridized carbons (Fsp3) is 0.211. The van der Waals surface area contributed by atoms with Gasteiger partial charge < -0.3 is 10.1 Å².